The fourth-order valence-electron chi connectivity index (χ4n) is 6.18. The lowest BCUT2D eigenvalue weighted by Crippen LogP contribution is -2.65. The summed E-state index contributed by atoms with van der Waals surface area (Å²) in [5.41, 5.74) is 1.55. The molecule has 1 aromatic heterocycles. The standard InChI is InChI=1S/C22H27ClN2O3/c1-12(17-11-24-19-7-18(23)20(28-2)6-16(17)19)3-21(26)25-14-4-13-5-15(25)10-22(27,8-13)9-14/h6-7,11-15,24,27H,3-5,8-10H2,1-2H3. The number of rotatable bonds is 4. The number of carbonyl (C=O) groups excluding carboxylic acids is 1. The van der Waals surface area contributed by atoms with Gasteiger partial charge in [0.05, 0.1) is 17.7 Å². The number of carbonyl (C=O) groups is 1. The zero-order chi connectivity index (χ0) is 19.6. The van der Waals surface area contributed by atoms with Gasteiger partial charge in [0.15, 0.2) is 0 Å². The molecule has 2 saturated carbocycles. The zero-order valence-corrected chi connectivity index (χ0v) is 17.1. The van der Waals surface area contributed by atoms with Crippen LogP contribution in [0.2, 0.25) is 5.02 Å². The van der Waals surface area contributed by atoms with Crippen LogP contribution in [-0.4, -0.2) is 45.7 Å². The summed E-state index contributed by atoms with van der Waals surface area (Å²) >= 11 is 6.23. The van der Waals surface area contributed by atoms with Gasteiger partial charge in [0, 0.05) is 35.6 Å². The SMILES string of the molecule is COc1cc2c(C(C)CC(=O)N3C4CC5CC3CC(O)(C5)C4)c[nH]c2cc1Cl. The van der Waals surface area contributed by atoms with Gasteiger partial charge in [-0.15, -0.1) is 0 Å². The number of amides is 1. The highest BCUT2D eigenvalue weighted by Gasteiger charge is 2.54. The quantitative estimate of drug-likeness (QED) is 0.804. The third-order valence-corrected chi connectivity index (χ3v) is 7.48. The van der Waals surface area contributed by atoms with E-state index in [1.165, 1.54) is 0 Å². The average Bonchev–Trinajstić information content (AvgIpc) is 3.01. The van der Waals surface area contributed by atoms with Gasteiger partial charge in [-0.1, -0.05) is 18.5 Å². The number of ether oxygens (including phenoxy) is 1. The molecule has 2 N–H and O–H groups in total. The lowest BCUT2D eigenvalue weighted by Gasteiger charge is -2.59. The number of nitrogens with zero attached hydrogens (tertiary/aromatic N) is 1. The Morgan fingerprint density at radius 1 is 1.36 bits per heavy atom. The first-order chi connectivity index (χ1) is 13.4. The molecular formula is C22H27ClN2O3. The Bertz CT molecular complexity index is 923. The molecule has 5 nitrogen and oxygen atoms in total. The molecule has 3 atom stereocenters. The Balaban J connectivity index is 1.37. The van der Waals surface area contributed by atoms with Crippen LogP contribution in [0.15, 0.2) is 18.3 Å². The average molecular weight is 403 g/mol. The number of fused-ring (bicyclic) bond motifs is 1. The fourth-order valence-corrected chi connectivity index (χ4v) is 6.42. The second kappa shape index (κ2) is 6.39. The molecule has 0 radical (unpaired) electrons. The number of aliphatic hydroxyl groups is 1. The molecule has 3 unspecified atom stereocenters. The third kappa shape index (κ3) is 2.82. The van der Waals surface area contributed by atoms with Crippen LogP contribution in [0.3, 0.4) is 0 Å². The largest absolute Gasteiger partial charge is 0.495 e. The van der Waals surface area contributed by atoms with Crippen molar-refractivity contribution >= 4 is 28.4 Å². The molecule has 4 aliphatic rings. The summed E-state index contributed by atoms with van der Waals surface area (Å²) in [6.07, 6.45) is 7.01. The summed E-state index contributed by atoms with van der Waals surface area (Å²) in [5, 5.41) is 12.4. The number of H-pyrrole nitrogens is 1. The van der Waals surface area contributed by atoms with Crippen LogP contribution in [0.5, 0.6) is 5.75 Å². The van der Waals surface area contributed by atoms with E-state index in [-0.39, 0.29) is 23.9 Å². The van der Waals surface area contributed by atoms with Crippen molar-refractivity contribution in [3.8, 4) is 5.75 Å². The first kappa shape index (κ1) is 18.3. The minimum atomic E-state index is -0.522. The third-order valence-electron chi connectivity index (χ3n) is 7.18. The molecule has 6 heteroatoms. The second-order valence-corrected chi connectivity index (χ2v) is 9.57. The predicted octanol–water partition coefficient (Wildman–Crippen LogP) is 4.23. The predicted molar refractivity (Wildman–Crippen MR) is 109 cm³/mol. The van der Waals surface area contributed by atoms with E-state index >= 15 is 0 Å². The normalized spacial score (nSPS) is 32.1. The van der Waals surface area contributed by atoms with E-state index in [9.17, 15) is 9.90 Å². The van der Waals surface area contributed by atoms with Crippen LogP contribution in [0.1, 0.15) is 56.9 Å². The smallest absolute Gasteiger partial charge is 0.223 e. The van der Waals surface area contributed by atoms with E-state index in [1.54, 1.807) is 7.11 Å². The lowest BCUT2D eigenvalue weighted by molar-refractivity contribution is -0.174. The lowest BCUT2D eigenvalue weighted by atomic mass is 9.61. The van der Waals surface area contributed by atoms with Gasteiger partial charge in [-0.2, -0.15) is 0 Å². The highest BCUT2D eigenvalue weighted by Crippen LogP contribution is 2.51. The van der Waals surface area contributed by atoms with Gasteiger partial charge in [-0.3, -0.25) is 4.79 Å². The van der Waals surface area contributed by atoms with Crippen LogP contribution in [0, 0.1) is 5.92 Å². The molecule has 4 fully saturated rings. The fraction of sp³-hybridized carbons (Fsp3) is 0.591. The summed E-state index contributed by atoms with van der Waals surface area (Å²) in [5.74, 6) is 1.55. The minimum absolute atomic E-state index is 0.0902. The van der Waals surface area contributed by atoms with Gasteiger partial charge in [0.1, 0.15) is 5.75 Å². The summed E-state index contributed by atoms with van der Waals surface area (Å²) in [4.78, 5) is 18.6. The Kier molecular flexibility index (Phi) is 4.18. The number of aromatic nitrogens is 1. The number of piperidine rings is 2. The minimum Gasteiger partial charge on any atom is -0.495 e. The van der Waals surface area contributed by atoms with Crippen molar-refractivity contribution in [1.29, 1.82) is 0 Å². The molecule has 3 heterocycles. The van der Waals surface area contributed by atoms with Crippen LogP contribution in [0.25, 0.3) is 10.9 Å². The van der Waals surface area contributed by atoms with Gasteiger partial charge >= 0.3 is 0 Å². The van der Waals surface area contributed by atoms with Crippen molar-refractivity contribution < 1.29 is 14.6 Å². The van der Waals surface area contributed by atoms with E-state index in [1.807, 2.05) is 18.3 Å². The van der Waals surface area contributed by atoms with Crippen LogP contribution in [-0.2, 0) is 4.79 Å². The van der Waals surface area contributed by atoms with Crippen LogP contribution in [0.4, 0.5) is 0 Å². The maximum absolute atomic E-state index is 13.2. The second-order valence-electron chi connectivity index (χ2n) is 9.16. The van der Waals surface area contributed by atoms with Crippen molar-refractivity contribution in [2.45, 2.75) is 69.1 Å². The highest BCUT2D eigenvalue weighted by atomic mass is 35.5. The molecule has 2 aliphatic heterocycles. The van der Waals surface area contributed by atoms with Crippen molar-refractivity contribution in [2.75, 3.05) is 7.11 Å². The van der Waals surface area contributed by atoms with Crippen molar-refractivity contribution in [2.24, 2.45) is 5.92 Å². The van der Waals surface area contributed by atoms with Crippen LogP contribution >= 0.6 is 11.6 Å². The summed E-state index contributed by atoms with van der Waals surface area (Å²) in [6.45, 7) is 2.10. The van der Waals surface area contributed by atoms with Crippen molar-refractivity contribution in [3.05, 3.63) is 28.9 Å². The van der Waals surface area contributed by atoms with Gasteiger partial charge in [-0.25, -0.2) is 0 Å². The maximum Gasteiger partial charge on any atom is 0.223 e. The molecule has 1 aromatic carbocycles. The van der Waals surface area contributed by atoms with Crippen molar-refractivity contribution in [3.63, 3.8) is 0 Å². The molecule has 6 rings (SSSR count). The molecule has 4 bridgehead atoms. The molecule has 2 saturated heterocycles. The molecule has 2 aromatic rings. The summed E-state index contributed by atoms with van der Waals surface area (Å²) < 4.78 is 5.36. The van der Waals surface area contributed by atoms with Gasteiger partial charge in [-0.05, 0) is 61.6 Å². The number of methoxy groups -OCH3 is 1. The number of halogens is 1. The Labute approximate surface area is 170 Å². The van der Waals surface area contributed by atoms with Gasteiger partial charge in [0.2, 0.25) is 5.91 Å². The summed E-state index contributed by atoms with van der Waals surface area (Å²) in [6, 6.07) is 4.26. The molecule has 1 amide bonds. The molecule has 0 spiro atoms. The maximum atomic E-state index is 13.2. The number of aromatic amines is 1. The zero-order valence-electron chi connectivity index (χ0n) is 16.4. The van der Waals surface area contributed by atoms with Crippen LogP contribution < -0.4 is 4.74 Å². The van der Waals surface area contributed by atoms with E-state index < -0.39 is 5.60 Å². The summed E-state index contributed by atoms with van der Waals surface area (Å²) in [7, 11) is 1.61. The number of hydrogen-bond donors (Lipinski definition) is 2. The number of nitrogens with one attached hydrogen (secondary N) is 1. The molecule has 2 aliphatic carbocycles. The topological polar surface area (TPSA) is 65.6 Å². The number of benzene rings is 1. The van der Waals surface area contributed by atoms with E-state index in [4.69, 9.17) is 16.3 Å². The Morgan fingerprint density at radius 3 is 2.71 bits per heavy atom. The first-order valence-electron chi connectivity index (χ1n) is 10.2. The van der Waals surface area contributed by atoms with Gasteiger partial charge in [0.25, 0.3) is 0 Å². The highest BCUT2D eigenvalue weighted by molar-refractivity contribution is 6.32. The van der Waals surface area contributed by atoms with E-state index in [0.717, 1.165) is 48.6 Å². The van der Waals surface area contributed by atoms with Crippen molar-refractivity contribution in [1.82, 2.24) is 9.88 Å². The molecule has 150 valence electrons. The molecular weight excluding hydrogens is 376 g/mol. The van der Waals surface area contributed by atoms with E-state index in [2.05, 4.69) is 16.8 Å². The molecule has 28 heavy (non-hydrogen) atoms. The Morgan fingerprint density at radius 2 is 2.07 bits per heavy atom. The van der Waals surface area contributed by atoms with E-state index in [0.29, 0.717) is 23.1 Å². The Hall–Kier alpha value is -1.72. The van der Waals surface area contributed by atoms with Gasteiger partial charge < -0.3 is 19.7 Å². The number of hydrogen-bond acceptors (Lipinski definition) is 3. The first-order valence-corrected chi connectivity index (χ1v) is 10.6. The monoisotopic (exact) mass is 402 g/mol.